The van der Waals surface area contributed by atoms with Gasteiger partial charge in [0.1, 0.15) is 19.1 Å². The Bertz CT molecular complexity index is 2500. The molecule has 5 aromatic rings. The van der Waals surface area contributed by atoms with Crippen LogP contribution in [0.25, 0.3) is 11.4 Å². The molecule has 0 spiro atoms. The van der Waals surface area contributed by atoms with E-state index < -0.39 is 16.0 Å². The van der Waals surface area contributed by atoms with Crippen molar-refractivity contribution in [2.24, 2.45) is 0 Å². The summed E-state index contributed by atoms with van der Waals surface area (Å²) < 4.78 is 57.6. The van der Waals surface area contributed by atoms with Gasteiger partial charge < -0.3 is 39.4 Å². The lowest BCUT2D eigenvalue weighted by atomic mass is 10.1. The predicted octanol–water partition coefficient (Wildman–Crippen LogP) is 8.29. The molecule has 0 aromatic heterocycles. The van der Waals surface area contributed by atoms with E-state index in [9.17, 15) is 13.0 Å². The lowest BCUT2D eigenvalue weighted by Gasteiger charge is -2.27. The molecule has 3 aliphatic rings. The van der Waals surface area contributed by atoms with Crippen molar-refractivity contribution >= 4 is 44.3 Å². The standard InChI is InChI=1S/C45H46N4O7S/c1-28-16-31(25-55-44-22-38-37(21-43(44)54-5)30(3)49-35(24-46-38)19-34-11-7-9-13-41(34)49)18-32(17-28)26-56-45-23-39(47-27-57(50,51)52)36(20-42(45)53-4)29(2)48-15-14-33-10-6-8-12-40(33)48/h6-13,16-18,20-23,35,46-47H,2-3,14-15,19,24-27H2,1,4-5H3,(H,50,51,52)/t35-/m0/s1. The number of hydrogen-bond donors (Lipinski definition) is 3. The number of ether oxygens (including phenoxy) is 4. The highest BCUT2D eigenvalue weighted by Gasteiger charge is 2.34. The molecule has 0 saturated carbocycles. The Labute approximate surface area is 333 Å². The van der Waals surface area contributed by atoms with Crippen LogP contribution in [0.5, 0.6) is 23.0 Å². The highest BCUT2D eigenvalue weighted by molar-refractivity contribution is 7.85. The molecule has 0 fully saturated rings. The number of para-hydroxylation sites is 2. The molecule has 0 unspecified atom stereocenters. The fraction of sp³-hybridized carbons (Fsp3) is 0.244. The zero-order valence-corrected chi connectivity index (χ0v) is 33.1. The Morgan fingerprint density at radius 2 is 1.51 bits per heavy atom. The molecule has 0 amide bonds. The molecule has 12 heteroatoms. The van der Waals surface area contributed by atoms with Crippen molar-refractivity contribution in [1.82, 2.24) is 0 Å². The Morgan fingerprint density at radius 3 is 2.21 bits per heavy atom. The minimum absolute atomic E-state index is 0.192. The minimum Gasteiger partial charge on any atom is -0.493 e. The Kier molecular flexibility index (Phi) is 10.2. The van der Waals surface area contributed by atoms with E-state index in [-0.39, 0.29) is 19.3 Å². The fourth-order valence-corrected chi connectivity index (χ4v) is 8.49. The summed E-state index contributed by atoms with van der Waals surface area (Å²) in [5, 5.41) is 6.51. The summed E-state index contributed by atoms with van der Waals surface area (Å²) in [7, 11) is -1.14. The molecule has 3 N–H and O–H groups in total. The summed E-state index contributed by atoms with van der Waals surface area (Å²) in [6.45, 7) is 12.9. The van der Waals surface area contributed by atoms with Gasteiger partial charge in [0.25, 0.3) is 10.1 Å². The molecule has 294 valence electrons. The number of fused-ring (bicyclic) bond motifs is 5. The van der Waals surface area contributed by atoms with Crippen LogP contribution in [-0.4, -0.2) is 52.2 Å². The third kappa shape index (κ3) is 7.70. The third-order valence-electron chi connectivity index (χ3n) is 10.8. The number of benzene rings is 5. The molecule has 11 nitrogen and oxygen atoms in total. The maximum atomic E-state index is 11.8. The van der Waals surface area contributed by atoms with Gasteiger partial charge in [-0.1, -0.05) is 67.3 Å². The summed E-state index contributed by atoms with van der Waals surface area (Å²) in [5.74, 6) is 1.38. The minimum atomic E-state index is -4.33. The van der Waals surface area contributed by atoms with Crippen LogP contribution < -0.4 is 39.4 Å². The van der Waals surface area contributed by atoms with Gasteiger partial charge in [0.15, 0.2) is 23.0 Å². The lowest BCUT2D eigenvalue weighted by molar-refractivity contribution is 0.279. The Hall–Kier alpha value is -6.11. The van der Waals surface area contributed by atoms with Crippen LogP contribution in [0.15, 0.2) is 104 Å². The van der Waals surface area contributed by atoms with Crippen molar-refractivity contribution < 1.29 is 31.9 Å². The molecule has 1 atom stereocenters. The zero-order chi connectivity index (χ0) is 39.8. The number of hydrogen-bond acceptors (Lipinski definition) is 10. The van der Waals surface area contributed by atoms with E-state index >= 15 is 0 Å². The molecule has 3 heterocycles. The maximum Gasteiger partial charge on any atom is 0.283 e. The van der Waals surface area contributed by atoms with Crippen molar-refractivity contribution in [2.75, 3.05) is 53.6 Å². The Morgan fingerprint density at radius 1 is 0.860 bits per heavy atom. The first-order valence-corrected chi connectivity index (χ1v) is 20.4. The van der Waals surface area contributed by atoms with Gasteiger partial charge in [-0.3, -0.25) is 4.55 Å². The van der Waals surface area contributed by atoms with Crippen molar-refractivity contribution in [3.05, 3.63) is 143 Å². The summed E-state index contributed by atoms with van der Waals surface area (Å²) in [6, 6.07) is 30.4. The predicted molar refractivity (Wildman–Crippen MR) is 226 cm³/mol. The monoisotopic (exact) mass is 786 g/mol. The van der Waals surface area contributed by atoms with Crippen molar-refractivity contribution in [1.29, 1.82) is 0 Å². The van der Waals surface area contributed by atoms with E-state index in [2.05, 4.69) is 70.0 Å². The van der Waals surface area contributed by atoms with Gasteiger partial charge in [-0.05, 0) is 72.4 Å². The largest absolute Gasteiger partial charge is 0.493 e. The highest BCUT2D eigenvalue weighted by atomic mass is 32.2. The summed E-state index contributed by atoms with van der Waals surface area (Å²) >= 11 is 0. The summed E-state index contributed by atoms with van der Waals surface area (Å²) in [6.07, 6.45) is 1.80. The smallest absolute Gasteiger partial charge is 0.283 e. The van der Waals surface area contributed by atoms with E-state index in [0.717, 1.165) is 65.3 Å². The number of nitrogens with zero attached hydrogens (tertiary/aromatic N) is 2. The van der Waals surface area contributed by atoms with Gasteiger partial charge >= 0.3 is 0 Å². The second kappa shape index (κ2) is 15.4. The zero-order valence-electron chi connectivity index (χ0n) is 32.3. The first-order valence-electron chi connectivity index (χ1n) is 18.8. The van der Waals surface area contributed by atoms with E-state index in [4.69, 9.17) is 18.9 Å². The van der Waals surface area contributed by atoms with Crippen LogP contribution in [0.1, 0.15) is 38.9 Å². The van der Waals surface area contributed by atoms with Crippen molar-refractivity contribution in [2.45, 2.75) is 39.0 Å². The van der Waals surface area contributed by atoms with E-state index in [1.807, 2.05) is 49.4 Å². The maximum absolute atomic E-state index is 11.8. The number of nitrogens with one attached hydrogen (secondary N) is 2. The van der Waals surface area contributed by atoms with Gasteiger partial charge in [-0.25, -0.2) is 0 Å². The third-order valence-corrected chi connectivity index (χ3v) is 11.3. The van der Waals surface area contributed by atoms with Crippen molar-refractivity contribution in [3.8, 4) is 23.0 Å². The van der Waals surface area contributed by atoms with Crippen LogP contribution in [0, 0.1) is 6.92 Å². The molecule has 8 rings (SSSR count). The molecule has 0 saturated heterocycles. The van der Waals surface area contributed by atoms with Gasteiger partial charge in [0, 0.05) is 70.5 Å². The second-order valence-electron chi connectivity index (χ2n) is 14.6. The molecular formula is C45H46N4O7S. The molecule has 0 bridgehead atoms. The van der Waals surface area contributed by atoms with Gasteiger partial charge in [-0.2, -0.15) is 8.42 Å². The van der Waals surface area contributed by atoms with Gasteiger partial charge in [-0.15, -0.1) is 0 Å². The topological polar surface area (TPSA) is 122 Å². The molecule has 0 radical (unpaired) electrons. The SMILES string of the molecule is C=C(c1cc(OC)c(OCc2cc(C)cc(COc3cc4c(cc3OC)C(=C)N3c5ccccc5C[C@H]3CN4)c2)cc1NCS(=O)(=O)O)N1CCc2ccccc21. The van der Waals surface area contributed by atoms with Crippen LogP contribution in [0.4, 0.5) is 22.7 Å². The summed E-state index contributed by atoms with van der Waals surface area (Å²) in [5.41, 5.74) is 12.2. The van der Waals surface area contributed by atoms with Crippen LogP contribution in [-0.2, 0) is 36.2 Å². The van der Waals surface area contributed by atoms with Gasteiger partial charge in [0.05, 0.1) is 20.3 Å². The highest BCUT2D eigenvalue weighted by Crippen LogP contribution is 2.45. The molecule has 3 aliphatic heterocycles. The number of methoxy groups -OCH3 is 2. The average molecular weight is 787 g/mol. The number of aryl methyl sites for hydroxylation is 1. The summed E-state index contributed by atoms with van der Waals surface area (Å²) in [4.78, 5) is 4.42. The van der Waals surface area contributed by atoms with E-state index in [1.54, 1.807) is 26.4 Å². The fourth-order valence-electron chi connectivity index (χ4n) is 8.15. The van der Waals surface area contributed by atoms with Crippen molar-refractivity contribution in [3.63, 3.8) is 0 Å². The van der Waals surface area contributed by atoms with E-state index in [1.165, 1.54) is 16.8 Å². The lowest BCUT2D eigenvalue weighted by Crippen LogP contribution is -2.33. The number of rotatable bonds is 13. The van der Waals surface area contributed by atoms with Crippen LogP contribution >= 0.6 is 0 Å². The molecule has 0 aliphatic carbocycles. The first-order chi connectivity index (χ1) is 27.5. The van der Waals surface area contributed by atoms with Crippen LogP contribution in [0.2, 0.25) is 0 Å². The normalized spacial score (nSPS) is 15.4. The average Bonchev–Trinajstić information content (AvgIpc) is 3.78. The quantitative estimate of drug-likeness (QED) is 0.100. The second-order valence-corrected chi connectivity index (χ2v) is 16.0. The molecule has 57 heavy (non-hydrogen) atoms. The Balaban J connectivity index is 1.00. The van der Waals surface area contributed by atoms with Crippen LogP contribution in [0.3, 0.4) is 0 Å². The number of anilines is 4. The van der Waals surface area contributed by atoms with E-state index in [0.29, 0.717) is 39.9 Å². The first kappa shape index (κ1) is 37.8. The molecular weight excluding hydrogens is 741 g/mol. The molecule has 5 aromatic carbocycles. The van der Waals surface area contributed by atoms with Gasteiger partial charge in [0.2, 0.25) is 0 Å².